The molecule has 26 heavy (non-hydrogen) atoms. The fraction of sp³-hybridized carbons (Fsp3) is 0.100. The van der Waals surface area contributed by atoms with Gasteiger partial charge in [0.05, 0.1) is 10.5 Å². The van der Waals surface area contributed by atoms with Crippen molar-refractivity contribution in [3.8, 4) is 11.4 Å². The molecule has 0 aliphatic rings. The number of nitro benzene ring substituents is 1. The van der Waals surface area contributed by atoms with E-state index in [1.54, 1.807) is 18.2 Å². The maximum atomic E-state index is 12.6. The van der Waals surface area contributed by atoms with Gasteiger partial charge in [-0.1, -0.05) is 43.3 Å². The van der Waals surface area contributed by atoms with Gasteiger partial charge in [0.2, 0.25) is 0 Å². The summed E-state index contributed by atoms with van der Waals surface area (Å²) in [5.74, 6) is 0.122. The van der Waals surface area contributed by atoms with Crippen molar-refractivity contribution < 1.29 is 9.65 Å². The van der Waals surface area contributed by atoms with E-state index in [-0.39, 0.29) is 11.5 Å². The Balaban J connectivity index is 1.93. The van der Waals surface area contributed by atoms with E-state index < -0.39 is 4.92 Å². The molecule has 0 aliphatic heterocycles. The molecule has 1 heterocycles. The Hall–Kier alpha value is -3.54. The summed E-state index contributed by atoms with van der Waals surface area (Å²) in [7, 11) is 0. The quantitative estimate of drug-likeness (QED) is 0.302. The Bertz CT molecular complexity index is 966. The van der Waals surface area contributed by atoms with E-state index in [0.29, 0.717) is 16.0 Å². The number of aromatic nitrogens is 2. The smallest absolute Gasteiger partial charge is 0.333 e. The number of non-ortho nitro benzene ring substituents is 1. The molecule has 0 aliphatic carbocycles. The van der Waals surface area contributed by atoms with Crippen LogP contribution in [0.1, 0.15) is 23.7 Å². The summed E-state index contributed by atoms with van der Waals surface area (Å²) >= 11 is 0. The minimum absolute atomic E-state index is 0.0822. The second-order valence-corrected chi connectivity index (χ2v) is 5.72. The summed E-state index contributed by atoms with van der Waals surface area (Å²) in [5, 5.41) is 23.5. The van der Waals surface area contributed by atoms with Crippen LogP contribution in [0.25, 0.3) is 23.5 Å². The highest BCUT2D eigenvalue weighted by Crippen LogP contribution is 2.20. The maximum absolute atomic E-state index is 12.6. The van der Waals surface area contributed by atoms with E-state index >= 15 is 0 Å². The summed E-state index contributed by atoms with van der Waals surface area (Å²) in [6, 6.07) is 15.6. The second kappa shape index (κ2) is 7.57. The number of hydrogen-bond donors (Lipinski definition) is 0. The van der Waals surface area contributed by atoms with Crippen LogP contribution >= 0.6 is 0 Å². The van der Waals surface area contributed by atoms with E-state index in [9.17, 15) is 15.3 Å². The van der Waals surface area contributed by atoms with Crippen LogP contribution in [0.15, 0.2) is 60.8 Å². The van der Waals surface area contributed by atoms with E-state index in [1.807, 2.05) is 30.3 Å². The van der Waals surface area contributed by atoms with Crippen LogP contribution in [0.3, 0.4) is 0 Å². The minimum Gasteiger partial charge on any atom is -0.710 e. The maximum Gasteiger partial charge on any atom is 0.333 e. The summed E-state index contributed by atoms with van der Waals surface area (Å²) in [6.45, 7) is 2.09. The minimum atomic E-state index is -0.498. The number of aryl methyl sites for hydroxylation is 1. The molecular formula is C20H17N3O3. The van der Waals surface area contributed by atoms with Crippen LogP contribution in [-0.2, 0) is 6.42 Å². The summed E-state index contributed by atoms with van der Waals surface area (Å²) < 4.78 is 0.677. The lowest BCUT2D eigenvalue weighted by molar-refractivity contribution is -0.598. The highest BCUT2D eigenvalue weighted by Gasteiger charge is 2.16. The third-order valence-electron chi connectivity index (χ3n) is 4.02. The van der Waals surface area contributed by atoms with Crippen molar-refractivity contribution in [3.63, 3.8) is 0 Å². The van der Waals surface area contributed by atoms with Gasteiger partial charge in [-0.2, -0.15) is 0 Å². The number of nitrogens with zero attached hydrogens (tertiary/aromatic N) is 3. The average Bonchev–Trinajstić information content (AvgIpc) is 2.67. The first-order chi connectivity index (χ1) is 12.6. The summed E-state index contributed by atoms with van der Waals surface area (Å²) in [5.41, 5.74) is 2.95. The standard InChI is InChI=1S/C20H17N3O3/c1-2-15-6-8-16(9-7-15)10-11-18-12-13-21-20(22(18)24)17-4-3-5-19(14-17)23(25)26/h3-14H,2H2,1H3/b11-10+. The SMILES string of the molecule is CCc1ccc(/C=C/c2ccnc(-c3cccc([N+](=O)[O-])c3)[n+]2[O-])cc1. The van der Waals surface area contributed by atoms with Gasteiger partial charge >= 0.3 is 5.82 Å². The van der Waals surface area contributed by atoms with Gasteiger partial charge in [0, 0.05) is 18.2 Å². The van der Waals surface area contributed by atoms with Crippen LogP contribution in [0.2, 0.25) is 0 Å². The van der Waals surface area contributed by atoms with Crippen molar-refractivity contribution in [3.05, 3.63) is 92.9 Å². The van der Waals surface area contributed by atoms with Crippen molar-refractivity contribution in [1.29, 1.82) is 0 Å². The molecule has 2 aromatic carbocycles. The zero-order valence-corrected chi connectivity index (χ0v) is 14.2. The monoisotopic (exact) mass is 347 g/mol. The second-order valence-electron chi connectivity index (χ2n) is 5.72. The summed E-state index contributed by atoms with van der Waals surface area (Å²) in [4.78, 5) is 14.5. The fourth-order valence-corrected chi connectivity index (χ4v) is 2.55. The number of benzene rings is 2. The molecule has 3 rings (SSSR count). The molecule has 6 heteroatoms. The van der Waals surface area contributed by atoms with Crippen molar-refractivity contribution in [2.45, 2.75) is 13.3 Å². The summed E-state index contributed by atoms with van der Waals surface area (Å²) in [6.07, 6.45) is 6.04. The molecule has 1 aromatic heterocycles. The van der Waals surface area contributed by atoms with Crippen LogP contribution in [0, 0.1) is 15.3 Å². The lowest BCUT2D eigenvalue weighted by Gasteiger charge is -2.09. The Labute approximate surface area is 150 Å². The average molecular weight is 347 g/mol. The Morgan fingerprint density at radius 1 is 1.12 bits per heavy atom. The molecule has 0 spiro atoms. The highest BCUT2D eigenvalue weighted by molar-refractivity contribution is 5.67. The van der Waals surface area contributed by atoms with Crippen molar-refractivity contribution in [2.24, 2.45) is 0 Å². The molecule has 0 saturated carbocycles. The zero-order valence-electron chi connectivity index (χ0n) is 14.2. The van der Waals surface area contributed by atoms with Crippen molar-refractivity contribution >= 4 is 17.8 Å². The Morgan fingerprint density at radius 3 is 2.58 bits per heavy atom. The van der Waals surface area contributed by atoms with Crippen LogP contribution < -0.4 is 4.73 Å². The number of rotatable bonds is 5. The van der Waals surface area contributed by atoms with Crippen LogP contribution in [0.5, 0.6) is 0 Å². The third kappa shape index (κ3) is 3.75. The van der Waals surface area contributed by atoms with Crippen molar-refractivity contribution in [2.75, 3.05) is 0 Å². The molecule has 0 atom stereocenters. The topological polar surface area (TPSA) is 83.0 Å². The predicted octanol–water partition coefficient (Wildman–Crippen LogP) is 4.02. The molecule has 0 saturated heterocycles. The van der Waals surface area contributed by atoms with E-state index in [2.05, 4.69) is 11.9 Å². The van der Waals surface area contributed by atoms with Gasteiger partial charge in [0.15, 0.2) is 0 Å². The van der Waals surface area contributed by atoms with Crippen LogP contribution in [0.4, 0.5) is 5.69 Å². The molecule has 0 radical (unpaired) electrons. The fourth-order valence-electron chi connectivity index (χ4n) is 2.55. The molecule has 6 nitrogen and oxygen atoms in total. The Morgan fingerprint density at radius 2 is 1.88 bits per heavy atom. The Kier molecular flexibility index (Phi) is 5.03. The van der Waals surface area contributed by atoms with E-state index in [4.69, 9.17) is 0 Å². The van der Waals surface area contributed by atoms with Crippen LogP contribution in [-0.4, -0.2) is 9.91 Å². The first-order valence-electron chi connectivity index (χ1n) is 8.19. The zero-order chi connectivity index (χ0) is 18.5. The third-order valence-corrected chi connectivity index (χ3v) is 4.02. The molecule has 0 amide bonds. The first kappa shape index (κ1) is 17.3. The van der Waals surface area contributed by atoms with Gasteiger partial charge in [0.25, 0.3) is 5.69 Å². The number of hydrogen-bond acceptors (Lipinski definition) is 4. The normalized spacial score (nSPS) is 11.0. The predicted molar refractivity (Wildman–Crippen MR) is 100 cm³/mol. The molecular weight excluding hydrogens is 330 g/mol. The van der Waals surface area contributed by atoms with Gasteiger partial charge < -0.3 is 5.21 Å². The number of nitro groups is 1. The molecule has 3 aromatic rings. The van der Waals surface area contributed by atoms with Gasteiger partial charge in [-0.3, -0.25) is 10.1 Å². The highest BCUT2D eigenvalue weighted by atomic mass is 16.6. The molecule has 0 N–H and O–H groups in total. The van der Waals surface area contributed by atoms with Gasteiger partial charge in [-0.05, 0) is 34.7 Å². The lowest BCUT2D eigenvalue weighted by Crippen LogP contribution is -2.33. The van der Waals surface area contributed by atoms with Gasteiger partial charge in [-0.15, -0.1) is 0 Å². The molecule has 130 valence electrons. The van der Waals surface area contributed by atoms with E-state index in [0.717, 1.165) is 12.0 Å². The van der Waals surface area contributed by atoms with Crippen molar-refractivity contribution in [1.82, 2.24) is 4.98 Å². The van der Waals surface area contributed by atoms with Gasteiger partial charge in [0.1, 0.15) is 11.9 Å². The molecule has 0 unspecified atom stereocenters. The van der Waals surface area contributed by atoms with E-state index in [1.165, 1.54) is 30.0 Å². The molecule has 0 fully saturated rings. The first-order valence-corrected chi connectivity index (χ1v) is 8.19. The lowest BCUT2D eigenvalue weighted by atomic mass is 10.1. The largest absolute Gasteiger partial charge is 0.710 e. The van der Waals surface area contributed by atoms with Gasteiger partial charge in [-0.25, -0.2) is 4.73 Å². The molecule has 0 bridgehead atoms.